The third-order valence-corrected chi connectivity index (χ3v) is 3.00. The first kappa shape index (κ1) is 11.1. The largest absolute Gasteiger partial charge is 0.481 e. The number of rotatable bonds is 2. The Hall–Kier alpha value is -1.36. The second kappa shape index (κ2) is 4.25. The summed E-state index contributed by atoms with van der Waals surface area (Å²) < 4.78 is 5.87. The van der Waals surface area contributed by atoms with Crippen molar-refractivity contribution in [2.24, 2.45) is 5.92 Å². The number of aliphatic carboxylic acids is 1. The Bertz CT molecular complexity index is 443. The van der Waals surface area contributed by atoms with E-state index < -0.39 is 24.0 Å². The SMILES string of the molecule is O=C1C[C@@H](C(=O)O)[C@H](c2cccc(Br)c2)O1. The number of benzene rings is 1. The first-order chi connectivity index (χ1) is 7.58. The molecular weight excluding hydrogens is 276 g/mol. The molecule has 1 fully saturated rings. The van der Waals surface area contributed by atoms with E-state index in [-0.39, 0.29) is 6.42 Å². The van der Waals surface area contributed by atoms with Gasteiger partial charge >= 0.3 is 11.9 Å². The van der Waals surface area contributed by atoms with Crippen LogP contribution in [0.1, 0.15) is 18.1 Å². The lowest BCUT2D eigenvalue weighted by molar-refractivity contribution is -0.144. The van der Waals surface area contributed by atoms with Crippen LogP contribution < -0.4 is 0 Å². The van der Waals surface area contributed by atoms with Gasteiger partial charge in [-0.2, -0.15) is 0 Å². The summed E-state index contributed by atoms with van der Waals surface area (Å²) in [6, 6.07) is 7.13. The number of cyclic esters (lactones) is 1. The average molecular weight is 285 g/mol. The summed E-state index contributed by atoms with van der Waals surface area (Å²) >= 11 is 3.29. The smallest absolute Gasteiger partial charge is 0.311 e. The standard InChI is InChI=1S/C11H9BrO4/c12-7-3-1-2-6(4-7)10-8(11(14)15)5-9(13)16-10/h1-4,8,10H,5H2,(H,14,15)/t8-,10+/m1/s1. The van der Waals surface area contributed by atoms with Gasteiger partial charge in [0.2, 0.25) is 0 Å². The molecule has 0 aromatic heterocycles. The molecule has 0 unspecified atom stereocenters. The number of carboxylic acids is 1. The monoisotopic (exact) mass is 284 g/mol. The lowest BCUT2D eigenvalue weighted by Crippen LogP contribution is -2.17. The maximum absolute atomic E-state index is 11.1. The lowest BCUT2D eigenvalue weighted by Gasteiger charge is -2.14. The molecule has 1 aromatic carbocycles. The Labute approximate surface area is 100 Å². The topological polar surface area (TPSA) is 63.6 Å². The zero-order valence-electron chi connectivity index (χ0n) is 8.22. The van der Waals surface area contributed by atoms with Gasteiger partial charge in [-0.3, -0.25) is 9.59 Å². The zero-order valence-corrected chi connectivity index (χ0v) is 9.81. The normalized spacial score (nSPS) is 24.2. The minimum Gasteiger partial charge on any atom is -0.481 e. The molecule has 5 heteroatoms. The number of ether oxygens (including phenoxy) is 1. The van der Waals surface area contributed by atoms with Crippen LogP contribution in [-0.2, 0) is 14.3 Å². The summed E-state index contributed by atoms with van der Waals surface area (Å²) in [4.78, 5) is 22.1. The van der Waals surface area contributed by atoms with E-state index in [1.54, 1.807) is 18.2 Å². The van der Waals surface area contributed by atoms with Gasteiger partial charge in [-0.1, -0.05) is 28.1 Å². The Balaban J connectivity index is 2.32. The number of esters is 1. The molecule has 1 aliphatic rings. The van der Waals surface area contributed by atoms with Crippen molar-refractivity contribution >= 4 is 27.9 Å². The highest BCUT2D eigenvalue weighted by Gasteiger charge is 2.40. The van der Waals surface area contributed by atoms with E-state index in [1.807, 2.05) is 6.07 Å². The molecule has 0 aliphatic carbocycles. The molecule has 0 amide bonds. The summed E-state index contributed by atoms with van der Waals surface area (Å²) in [6.45, 7) is 0. The summed E-state index contributed by atoms with van der Waals surface area (Å²) in [5.74, 6) is -2.25. The first-order valence-electron chi connectivity index (χ1n) is 4.75. The van der Waals surface area contributed by atoms with Crippen LogP contribution in [0.25, 0.3) is 0 Å². The van der Waals surface area contributed by atoms with Gasteiger partial charge < -0.3 is 9.84 Å². The van der Waals surface area contributed by atoms with Crippen LogP contribution in [0.4, 0.5) is 0 Å². The molecule has 0 radical (unpaired) electrons. The molecule has 4 nitrogen and oxygen atoms in total. The van der Waals surface area contributed by atoms with E-state index in [1.165, 1.54) is 0 Å². The van der Waals surface area contributed by atoms with Crippen LogP contribution in [0.2, 0.25) is 0 Å². The fourth-order valence-corrected chi connectivity index (χ4v) is 2.18. The molecule has 84 valence electrons. The fraction of sp³-hybridized carbons (Fsp3) is 0.273. The molecule has 0 saturated carbocycles. The molecule has 1 aliphatic heterocycles. The third kappa shape index (κ3) is 2.09. The summed E-state index contributed by atoms with van der Waals surface area (Å²) in [5, 5.41) is 8.99. The number of carbonyl (C=O) groups excluding carboxylic acids is 1. The third-order valence-electron chi connectivity index (χ3n) is 2.50. The Kier molecular flexibility index (Phi) is 2.96. The Morgan fingerprint density at radius 1 is 1.50 bits per heavy atom. The summed E-state index contributed by atoms with van der Waals surface area (Å²) in [7, 11) is 0. The van der Waals surface area contributed by atoms with Crippen molar-refractivity contribution in [3.63, 3.8) is 0 Å². The number of hydrogen-bond donors (Lipinski definition) is 1. The van der Waals surface area contributed by atoms with Crippen molar-refractivity contribution < 1.29 is 19.4 Å². The van der Waals surface area contributed by atoms with E-state index in [9.17, 15) is 9.59 Å². The number of halogens is 1. The summed E-state index contributed by atoms with van der Waals surface area (Å²) in [6.07, 6.45) is -0.741. The van der Waals surface area contributed by atoms with Crippen LogP contribution in [0.15, 0.2) is 28.7 Å². The van der Waals surface area contributed by atoms with E-state index >= 15 is 0 Å². The molecule has 2 rings (SSSR count). The van der Waals surface area contributed by atoms with Crippen molar-refractivity contribution in [3.05, 3.63) is 34.3 Å². The summed E-state index contributed by atoms with van der Waals surface area (Å²) in [5.41, 5.74) is 0.702. The maximum atomic E-state index is 11.1. The number of carbonyl (C=O) groups is 2. The van der Waals surface area contributed by atoms with Crippen molar-refractivity contribution in [1.82, 2.24) is 0 Å². The maximum Gasteiger partial charge on any atom is 0.311 e. The van der Waals surface area contributed by atoms with Crippen LogP contribution in [-0.4, -0.2) is 17.0 Å². The number of hydrogen-bond acceptors (Lipinski definition) is 3. The molecule has 1 aromatic rings. The predicted octanol–water partition coefficient (Wildman–Crippen LogP) is 2.14. The van der Waals surface area contributed by atoms with Gasteiger partial charge in [0.15, 0.2) is 0 Å². The minimum atomic E-state index is -1.00. The average Bonchev–Trinajstić information content (AvgIpc) is 2.60. The van der Waals surface area contributed by atoms with E-state index in [4.69, 9.17) is 9.84 Å². The Morgan fingerprint density at radius 3 is 2.88 bits per heavy atom. The van der Waals surface area contributed by atoms with Gasteiger partial charge in [0.25, 0.3) is 0 Å². The van der Waals surface area contributed by atoms with Gasteiger partial charge in [-0.25, -0.2) is 0 Å². The molecule has 16 heavy (non-hydrogen) atoms. The molecule has 1 saturated heterocycles. The van der Waals surface area contributed by atoms with Crippen molar-refractivity contribution in [2.75, 3.05) is 0 Å². The van der Waals surface area contributed by atoms with Crippen molar-refractivity contribution in [1.29, 1.82) is 0 Å². The molecule has 0 spiro atoms. The first-order valence-corrected chi connectivity index (χ1v) is 5.55. The molecule has 1 heterocycles. The molecule has 0 bridgehead atoms. The lowest BCUT2D eigenvalue weighted by atomic mass is 9.95. The van der Waals surface area contributed by atoms with Gasteiger partial charge in [0, 0.05) is 4.47 Å². The van der Waals surface area contributed by atoms with Crippen LogP contribution in [0, 0.1) is 5.92 Å². The van der Waals surface area contributed by atoms with Crippen molar-refractivity contribution in [2.45, 2.75) is 12.5 Å². The molecule has 2 atom stereocenters. The highest BCUT2D eigenvalue weighted by molar-refractivity contribution is 9.10. The quantitative estimate of drug-likeness (QED) is 0.845. The van der Waals surface area contributed by atoms with Crippen LogP contribution in [0.5, 0.6) is 0 Å². The fourth-order valence-electron chi connectivity index (χ4n) is 1.76. The highest BCUT2D eigenvalue weighted by Crippen LogP contribution is 2.36. The van der Waals surface area contributed by atoms with E-state index in [0.717, 1.165) is 4.47 Å². The van der Waals surface area contributed by atoms with Gasteiger partial charge in [-0.05, 0) is 17.7 Å². The van der Waals surface area contributed by atoms with Gasteiger partial charge in [-0.15, -0.1) is 0 Å². The van der Waals surface area contributed by atoms with Crippen LogP contribution in [0.3, 0.4) is 0 Å². The van der Waals surface area contributed by atoms with E-state index in [2.05, 4.69) is 15.9 Å². The van der Waals surface area contributed by atoms with E-state index in [0.29, 0.717) is 5.56 Å². The van der Waals surface area contributed by atoms with Gasteiger partial charge in [0.05, 0.1) is 6.42 Å². The molecular formula is C11H9BrO4. The highest BCUT2D eigenvalue weighted by atomic mass is 79.9. The second-order valence-corrected chi connectivity index (χ2v) is 4.53. The second-order valence-electron chi connectivity index (χ2n) is 3.61. The predicted molar refractivity (Wildman–Crippen MR) is 58.7 cm³/mol. The van der Waals surface area contributed by atoms with Crippen molar-refractivity contribution in [3.8, 4) is 0 Å². The molecule has 1 N–H and O–H groups in total. The van der Waals surface area contributed by atoms with Crippen LogP contribution >= 0.6 is 15.9 Å². The Morgan fingerprint density at radius 2 is 2.25 bits per heavy atom. The van der Waals surface area contributed by atoms with Gasteiger partial charge in [0.1, 0.15) is 12.0 Å². The number of carboxylic acid groups (broad SMARTS) is 1. The zero-order chi connectivity index (χ0) is 11.7. The minimum absolute atomic E-state index is 0.0630.